The molecule has 134 valence electrons. The van der Waals surface area contributed by atoms with Gasteiger partial charge >= 0.3 is 0 Å². The molecular weight excluding hydrogens is 471 g/mol. The average Bonchev–Trinajstić information content (AvgIpc) is 3.13. The molecule has 27 heavy (non-hydrogen) atoms. The van der Waals surface area contributed by atoms with Crippen LogP contribution in [0.15, 0.2) is 66.7 Å². The lowest BCUT2D eigenvalue weighted by molar-refractivity contribution is 0.102. The van der Waals surface area contributed by atoms with Crippen molar-refractivity contribution in [1.29, 1.82) is 0 Å². The molecule has 1 amide bonds. The SMILES string of the molecule is COc1ccc(C(=O)Nc2ccc(I)cc2-c2nc3ccccc3s2)cc1. The Morgan fingerprint density at radius 1 is 1.07 bits per heavy atom. The maximum absolute atomic E-state index is 12.7. The highest BCUT2D eigenvalue weighted by atomic mass is 127. The van der Waals surface area contributed by atoms with Crippen molar-refractivity contribution >= 4 is 55.7 Å². The van der Waals surface area contributed by atoms with Crippen LogP contribution in [0.4, 0.5) is 5.69 Å². The molecule has 0 radical (unpaired) electrons. The number of hydrogen-bond donors (Lipinski definition) is 1. The summed E-state index contributed by atoms with van der Waals surface area (Å²) in [5.41, 5.74) is 3.20. The van der Waals surface area contributed by atoms with Gasteiger partial charge in [0.2, 0.25) is 0 Å². The van der Waals surface area contributed by atoms with Gasteiger partial charge in [0.1, 0.15) is 10.8 Å². The molecule has 0 bridgehead atoms. The first-order valence-corrected chi connectivity index (χ1v) is 10.1. The highest BCUT2D eigenvalue weighted by molar-refractivity contribution is 14.1. The van der Waals surface area contributed by atoms with Crippen LogP contribution in [0.1, 0.15) is 10.4 Å². The smallest absolute Gasteiger partial charge is 0.255 e. The van der Waals surface area contributed by atoms with E-state index in [1.807, 2.05) is 36.4 Å². The molecule has 0 unspecified atom stereocenters. The van der Waals surface area contributed by atoms with Crippen LogP contribution in [0.25, 0.3) is 20.8 Å². The lowest BCUT2D eigenvalue weighted by atomic mass is 10.1. The predicted molar refractivity (Wildman–Crippen MR) is 119 cm³/mol. The standard InChI is InChI=1S/C21H15IN2O2S/c1-26-15-9-6-13(7-10-15)20(25)23-17-11-8-14(22)12-16(17)21-24-18-4-2-3-5-19(18)27-21/h2-12H,1H3,(H,23,25). The highest BCUT2D eigenvalue weighted by Crippen LogP contribution is 2.35. The number of benzene rings is 3. The van der Waals surface area contributed by atoms with E-state index in [-0.39, 0.29) is 5.91 Å². The van der Waals surface area contributed by atoms with Gasteiger partial charge < -0.3 is 10.1 Å². The molecular formula is C21H15IN2O2S. The zero-order valence-corrected chi connectivity index (χ0v) is 17.4. The van der Waals surface area contributed by atoms with Crippen molar-refractivity contribution in [1.82, 2.24) is 4.98 Å². The second-order valence-electron chi connectivity index (χ2n) is 5.86. The van der Waals surface area contributed by atoms with E-state index < -0.39 is 0 Å². The van der Waals surface area contributed by atoms with Gasteiger partial charge in [0.05, 0.1) is 23.0 Å². The van der Waals surface area contributed by atoms with E-state index in [0.717, 1.165) is 35.8 Å². The number of rotatable bonds is 4. The molecule has 0 saturated carbocycles. The fraction of sp³-hybridized carbons (Fsp3) is 0.0476. The number of carbonyl (C=O) groups is 1. The number of nitrogens with one attached hydrogen (secondary N) is 1. The monoisotopic (exact) mass is 486 g/mol. The zero-order valence-electron chi connectivity index (χ0n) is 14.4. The van der Waals surface area contributed by atoms with Crippen molar-refractivity contribution in [3.05, 3.63) is 75.9 Å². The number of carbonyl (C=O) groups excluding carboxylic acids is 1. The minimum atomic E-state index is -0.166. The van der Waals surface area contributed by atoms with E-state index >= 15 is 0 Å². The van der Waals surface area contributed by atoms with Crippen LogP contribution in [-0.2, 0) is 0 Å². The molecule has 0 spiro atoms. The van der Waals surface area contributed by atoms with Crippen LogP contribution in [0.3, 0.4) is 0 Å². The molecule has 4 rings (SSSR count). The summed E-state index contributed by atoms with van der Waals surface area (Å²) in [6.07, 6.45) is 0. The normalized spacial score (nSPS) is 10.7. The van der Waals surface area contributed by atoms with E-state index in [2.05, 4.69) is 34.0 Å². The molecule has 1 heterocycles. The summed E-state index contributed by atoms with van der Waals surface area (Å²) < 4.78 is 7.36. The molecule has 1 aromatic heterocycles. The fourth-order valence-electron chi connectivity index (χ4n) is 2.73. The van der Waals surface area contributed by atoms with Gasteiger partial charge in [-0.25, -0.2) is 4.98 Å². The number of halogens is 1. The van der Waals surface area contributed by atoms with Gasteiger partial charge in [0.15, 0.2) is 0 Å². The maximum Gasteiger partial charge on any atom is 0.255 e. The number of fused-ring (bicyclic) bond motifs is 1. The van der Waals surface area contributed by atoms with Gasteiger partial charge in [-0.05, 0) is 77.2 Å². The summed E-state index contributed by atoms with van der Waals surface area (Å²) in [6, 6.07) is 21.0. The van der Waals surface area contributed by atoms with Crippen LogP contribution in [0, 0.1) is 3.57 Å². The number of methoxy groups -OCH3 is 1. The van der Waals surface area contributed by atoms with Gasteiger partial charge in [-0.1, -0.05) is 12.1 Å². The largest absolute Gasteiger partial charge is 0.497 e. The Bertz CT molecular complexity index is 1090. The van der Waals surface area contributed by atoms with Crippen LogP contribution < -0.4 is 10.1 Å². The number of para-hydroxylation sites is 1. The van der Waals surface area contributed by atoms with Crippen LogP contribution in [0.2, 0.25) is 0 Å². The molecule has 0 aliphatic heterocycles. The third-order valence-corrected chi connectivity index (χ3v) is 5.85. The molecule has 0 fully saturated rings. The molecule has 4 aromatic rings. The Labute approximate surface area is 174 Å². The topological polar surface area (TPSA) is 51.2 Å². The maximum atomic E-state index is 12.7. The van der Waals surface area contributed by atoms with E-state index in [4.69, 9.17) is 9.72 Å². The first kappa shape index (κ1) is 17.9. The number of aromatic nitrogens is 1. The fourth-order valence-corrected chi connectivity index (χ4v) is 4.21. The minimum absolute atomic E-state index is 0.166. The molecule has 1 N–H and O–H groups in total. The second-order valence-corrected chi connectivity index (χ2v) is 8.14. The molecule has 0 aliphatic rings. The lowest BCUT2D eigenvalue weighted by Crippen LogP contribution is -2.12. The number of thiazole rings is 1. The number of anilines is 1. The Balaban J connectivity index is 1.69. The number of nitrogens with zero attached hydrogens (tertiary/aromatic N) is 1. The van der Waals surface area contributed by atoms with E-state index in [9.17, 15) is 4.79 Å². The first-order chi connectivity index (χ1) is 13.1. The molecule has 0 aliphatic carbocycles. The average molecular weight is 486 g/mol. The van der Waals surface area contributed by atoms with Crippen molar-refractivity contribution in [3.8, 4) is 16.3 Å². The molecule has 0 atom stereocenters. The summed E-state index contributed by atoms with van der Waals surface area (Å²) in [6.45, 7) is 0. The predicted octanol–water partition coefficient (Wildman–Crippen LogP) is 5.83. The third kappa shape index (κ3) is 3.81. The summed E-state index contributed by atoms with van der Waals surface area (Å²) in [4.78, 5) is 17.4. The Kier molecular flexibility index (Phi) is 5.09. The Morgan fingerprint density at radius 2 is 1.85 bits per heavy atom. The van der Waals surface area contributed by atoms with Gasteiger partial charge in [0.25, 0.3) is 5.91 Å². The molecule has 0 saturated heterocycles. The molecule has 4 nitrogen and oxygen atoms in total. The molecule has 6 heteroatoms. The van der Waals surface area contributed by atoms with Crippen molar-refractivity contribution in [2.45, 2.75) is 0 Å². The number of ether oxygens (including phenoxy) is 1. The first-order valence-electron chi connectivity index (χ1n) is 8.25. The van der Waals surface area contributed by atoms with E-state index in [1.165, 1.54) is 0 Å². The summed E-state index contributed by atoms with van der Waals surface area (Å²) >= 11 is 3.89. The van der Waals surface area contributed by atoms with E-state index in [0.29, 0.717) is 5.56 Å². The van der Waals surface area contributed by atoms with Crippen molar-refractivity contribution in [2.75, 3.05) is 12.4 Å². The van der Waals surface area contributed by atoms with Crippen molar-refractivity contribution in [2.24, 2.45) is 0 Å². The number of amides is 1. The van der Waals surface area contributed by atoms with Crippen LogP contribution in [0.5, 0.6) is 5.75 Å². The molecule has 3 aromatic carbocycles. The summed E-state index contributed by atoms with van der Waals surface area (Å²) in [5, 5.41) is 3.91. The third-order valence-electron chi connectivity index (χ3n) is 4.11. The second kappa shape index (κ2) is 7.66. The van der Waals surface area contributed by atoms with Crippen LogP contribution in [-0.4, -0.2) is 18.0 Å². The minimum Gasteiger partial charge on any atom is -0.497 e. The Morgan fingerprint density at radius 3 is 2.59 bits per heavy atom. The van der Waals surface area contributed by atoms with E-state index in [1.54, 1.807) is 42.7 Å². The van der Waals surface area contributed by atoms with Gasteiger partial charge in [-0.2, -0.15) is 0 Å². The van der Waals surface area contributed by atoms with Crippen LogP contribution >= 0.6 is 33.9 Å². The zero-order chi connectivity index (χ0) is 18.8. The van der Waals surface area contributed by atoms with Crippen molar-refractivity contribution in [3.63, 3.8) is 0 Å². The quantitative estimate of drug-likeness (QED) is 0.370. The number of hydrogen-bond acceptors (Lipinski definition) is 4. The Hall–Kier alpha value is -2.45. The van der Waals surface area contributed by atoms with Crippen molar-refractivity contribution < 1.29 is 9.53 Å². The van der Waals surface area contributed by atoms with Gasteiger partial charge in [0, 0.05) is 14.7 Å². The van der Waals surface area contributed by atoms with Gasteiger partial charge in [-0.15, -0.1) is 11.3 Å². The summed E-state index contributed by atoms with van der Waals surface area (Å²) in [5.74, 6) is 0.553. The lowest BCUT2D eigenvalue weighted by Gasteiger charge is -2.10. The highest BCUT2D eigenvalue weighted by Gasteiger charge is 2.14. The van der Waals surface area contributed by atoms with Gasteiger partial charge in [-0.3, -0.25) is 4.79 Å². The summed E-state index contributed by atoms with van der Waals surface area (Å²) in [7, 11) is 1.60.